The van der Waals surface area contributed by atoms with Crippen molar-refractivity contribution in [2.75, 3.05) is 0 Å². The van der Waals surface area contributed by atoms with Gasteiger partial charge in [0.2, 0.25) is 0 Å². The van der Waals surface area contributed by atoms with Gasteiger partial charge in [0.15, 0.2) is 0 Å². The van der Waals surface area contributed by atoms with Gasteiger partial charge in [0.25, 0.3) is 0 Å². The Morgan fingerprint density at radius 1 is 0.639 bits per heavy atom. The minimum absolute atomic E-state index is 0.0623. The standard InChI is InChI=1S/C26H46O10/c1-6-22(28)33-26(31,32-21(2)27)20-18-16-14-12-10-8-7-9-11-13-15-17-19-23(29)35-36-24(30)34-25(3,4)5/h31H,6-20H2,1-5H3. The molecule has 0 aliphatic heterocycles. The summed E-state index contributed by atoms with van der Waals surface area (Å²) in [5, 5.41) is 10.2. The van der Waals surface area contributed by atoms with Gasteiger partial charge in [0.1, 0.15) is 5.60 Å². The first-order chi connectivity index (χ1) is 16.9. The van der Waals surface area contributed by atoms with Gasteiger partial charge in [0.05, 0.1) is 12.8 Å². The maximum Gasteiger partial charge on any atom is 0.550 e. The van der Waals surface area contributed by atoms with Gasteiger partial charge in [-0.15, -0.1) is 0 Å². The molecule has 1 atom stereocenters. The van der Waals surface area contributed by atoms with Crippen LogP contribution in [0.15, 0.2) is 0 Å². The first-order valence-corrected chi connectivity index (χ1v) is 13.1. The van der Waals surface area contributed by atoms with Crippen LogP contribution in [-0.4, -0.2) is 40.7 Å². The molecule has 0 spiro atoms. The molecule has 10 heteroatoms. The van der Waals surface area contributed by atoms with Crippen LogP contribution in [0.5, 0.6) is 0 Å². The zero-order valence-electron chi connectivity index (χ0n) is 22.7. The molecule has 0 aromatic rings. The van der Waals surface area contributed by atoms with E-state index in [0.717, 1.165) is 71.1 Å². The number of rotatable bonds is 18. The minimum Gasteiger partial charge on any atom is -0.426 e. The lowest BCUT2D eigenvalue weighted by Gasteiger charge is -2.26. The highest BCUT2D eigenvalue weighted by molar-refractivity contribution is 5.70. The van der Waals surface area contributed by atoms with Crippen molar-refractivity contribution in [2.24, 2.45) is 0 Å². The highest BCUT2D eigenvalue weighted by Gasteiger charge is 2.34. The van der Waals surface area contributed by atoms with Crippen molar-refractivity contribution >= 4 is 24.1 Å². The number of esters is 2. The Bertz CT molecular complexity index is 656. The third-order valence-corrected chi connectivity index (χ3v) is 5.08. The average molecular weight is 519 g/mol. The maximum atomic E-state index is 11.6. The second kappa shape index (κ2) is 18.8. The molecule has 0 fully saturated rings. The van der Waals surface area contributed by atoms with E-state index in [1.54, 1.807) is 27.7 Å². The van der Waals surface area contributed by atoms with E-state index in [1.807, 2.05) is 0 Å². The first kappa shape index (κ1) is 33.6. The zero-order chi connectivity index (χ0) is 27.5. The molecule has 0 aliphatic rings. The third-order valence-electron chi connectivity index (χ3n) is 5.08. The summed E-state index contributed by atoms with van der Waals surface area (Å²) in [6, 6.07) is 0. The molecule has 36 heavy (non-hydrogen) atoms. The lowest BCUT2D eigenvalue weighted by molar-refractivity contribution is -0.327. The highest BCUT2D eigenvalue weighted by atomic mass is 17.2. The van der Waals surface area contributed by atoms with Crippen molar-refractivity contribution in [3.8, 4) is 0 Å². The summed E-state index contributed by atoms with van der Waals surface area (Å²) >= 11 is 0. The molecule has 0 radical (unpaired) electrons. The molecule has 0 saturated carbocycles. The fourth-order valence-electron chi connectivity index (χ4n) is 3.37. The van der Waals surface area contributed by atoms with Crippen LogP contribution in [0.4, 0.5) is 4.79 Å². The fourth-order valence-corrected chi connectivity index (χ4v) is 3.37. The van der Waals surface area contributed by atoms with Crippen LogP contribution >= 0.6 is 0 Å². The van der Waals surface area contributed by atoms with Crippen LogP contribution in [0.3, 0.4) is 0 Å². The molecular weight excluding hydrogens is 472 g/mol. The molecule has 0 amide bonds. The predicted octanol–water partition coefficient (Wildman–Crippen LogP) is 6.02. The number of aliphatic hydroxyl groups is 1. The summed E-state index contributed by atoms with van der Waals surface area (Å²) in [6.45, 7) is 7.82. The second-order valence-corrected chi connectivity index (χ2v) is 9.88. The van der Waals surface area contributed by atoms with E-state index in [-0.39, 0.29) is 19.3 Å². The smallest absolute Gasteiger partial charge is 0.426 e. The lowest BCUT2D eigenvalue weighted by atomic mass is 10.0. The van der Waals surface area contributed by atoms with Crippen LogP contribution < -0.4 is 0 Å². The van der Waals surface area contributed by atoms with Crippen LogP contribution in [-0.2, 0) is 38.4 Å². The minimum atomic E-state index is -2.17. The van der Waals surface area contributed by atoms with Crippen molar-refractivity contribution < 1.29 is 48.3 Å². The molecule has 0 heterocycles. The van der Waals surface area contributed by atoms with E-state index >= 15 is 0 Å². The van der Waals surface area contributed by atoms with Gasteiger partial charge >= 0.3 is 30.0 Å². The quantitative estimate of drug-likeness (QED) is 0.0754. The van der Waals surface area contributed by atoms with Crippen molar-refractivity contribution in [3.63, 3.8) is 0 Å². The number of carbonyl (C=O) groups is 4. The van der Waals surface area contributed by atoms with E-state index in [9.17, 15) is 24.3 Å². The van der Waals surface area contributed by atoms with E-state index in [2.05, 4.69) is 9.78 Å². The molecule has 1 unspecified atom stereocenters. The monoisotopic (exact) mass is 518 g/mol. The maximum absolute atomic E-state index is 11.6. The Morgan fingerprint density at radius 3 is 1.56 bits per heavy atom. The normalized spacial score (nSPS) is 12.8. The van der Waals surface area contributed by atoms with Crippen LogP contribution in [0.1, 0.15) is 131 Å². The van der Waals surface area contributed by atoms with E-state index in [1.165, 1.54) is 0 Å². The first-order valence-electron chi connectivity index (χ1n) is 13.1. The topological polar surface area (TPSA) is 135 Å². The van der Waals surface area contributed by atoms with Crippen LogP contribution in [0.25, 0.3) is 0 Å². The van der Waals surface area contributed by atoms with Crippen molar-refractivity contribution in [2.45, 2.75) is 143 Å². The third kappa shape index (κ3) is 21.0. The van der Waals surface area contributed by atoms with Gasteiger partial charge in [-0.05, 0) is 33.6 Å². The molecule has 0 aromatic heterocycles. The number of ether oxygens (including phenoxy) is 3. The van der Waals surface area contributed by atoms with Crippen LogP contribution in [0.2, 0.25) is 0 Å². The van der Waals surface area contributed by atoms with Gasteiger partial charge in [-0.2, -0.15) is 4.79 Å². The van der Waals surface area contributed by atoms with Crippen molar-refractivity contribution in [1.82, 2.24) is 0 Å². The van der Waals surface area contributed by atoms with Crippen molar-refractivity contribution in [1.29, 1.82) is 0 Å². The Labute approximate surface area is 215 Å². The van der Waals surface area contributed by atoms with E-state index < -0.39 is 35.6 Å². The molecule has 0 aliphatic carbocycles. The largest absolute Gasteiger partial charge is 0.550 e. The SMILES string of the molecule is CCC(=O)OC(O)(CCCCCCCCCCCCCCC(=O)OOC(=O)OC(C)(C)C)OC(C)=O. The number of hydrogen-bond donors (Lipinski definition) is 1. The summed E-state index contributed by atoms with van der Waals surface area (Å²) < 4.78 is 14.5. The highest BCUT2D eigenvalue weighted by Crippen LogP contribution is 2.21. The molecule has 1 N–H and O–H groups in total. The summed E-state index contributed by atoms with van der Waals surface area (Å²) in [7, 11) is 0. The summed E-state index contributed by atoms with van der Waals surface area (Å²) in [5.41, 5.74) is -0.710. The Morgan fingerprint density at radius 2 is 1.11 bits per heavy atom. The molecular formula is C26H46O10. The molecule has 0 rings (SSSR count). The van der Waals surface area contributed by atoms with E-state index in [0.29, 0.717) is 12.8 Å². The van der Waals surface area contributed by atoms with Crippen LogP contribution in [0, 0.1) is 0 Å². The molecule has 0 aromatic carbocycles. The van der Waals surface area contributed by atoms with Gasteiger partial charge in [0, 0.05) is 13.3 Å². The fraction of sp³-hybridized carbons (Fsp3) is 0.846. The lowest BCUT2D eigenvalue weighted by Crippen LogP contribution is -2.39. The molecule has 10 nitrogen and oxygen atoms in total. The van der Waals surface area contributed by atoms with Gasteiger partial charge in [-0.3, -0.25) is 9.59 Å². The Kier molecular flexibility index (Phi) is 17.6. The molecule has 210 valence electrons. The number of unbranched alkanes of at least 4 members (excludes halogenated alkanes) is 11. The Hall–Kier alpha value is -2.36. The van der Waals surface area contributed by atoms with Gasteiger partial charge < -0.3 is 19.3 Å². The second-order valence-electron chi connectivity index (χ2n) is 9.88. The van der Waals surface area contributed by atoms with Gasteiger partial charge in [-0.25, -0.2) is 14.6 Å². The molecule has 0 bridgehead atoms. The van der Waals surface area contributed by atoms with Crippen molar-refractivity contribution in [3.05, 3.63) is 0 Å². The number of hydrogen-bond acceptors (Lipinski definition) is 10. The predicted molar refractivity (Wildman–Crippen MR) is 131 cm³/mol. The summed E-state index contributed by atoms with van der Waals surface area (Å²) in [5.74, 6) is -4.08. The Balaban J connectivity index is 3.62. The summed E-state index contributed by atoms with van der Waals surface area (Å²) in [6.07, 6.45) is 11.1. The van der Waals surface area contributed by atoms with E-state index in [4.69, 9.17) is 14.2 Å². The van der Waals surface area contributed by atoms with Gasteiger partial charge in [-0.1, -0.05) is 71.1 Å². The number of carbonyl (C=O) groups excluding carboxylic acids is 4. The molecule has 0 saturated heterocycles. The average Bonchev–Trinajstić information content (AvgIpc) is 2.76. The zero-order valence-corrected chi connectivity index (χ0v) is 22.7. The summed E-state index contributed by atoms with van der Waals surface area (Å²) in [4.78, 5) is 54.2.